The Hall–Kier alpha value is -1.01. The maximum absolute atomic E-state index is 13.2. The number of anilines is 1. The Kier molecular flexibility index (Phi) is 9.08. The van der Waals surface area contributed by atoms with Crippen molar-refractivity contribution in [1.29, 1.82) is 0 Å². The van der Waals surface area contributed by atoms with Gasteiger partial charge in [0.05, 0.1) is 13.2 Å². The maximum Gasteiger partial charge on any atom is 0.225 e. The Balaban J connectivity index is 0.00000150. The number of morpholine rings is 1. The van der Waals surface area contributed by atoms with Crippen molar-refractivity contribution in [3.8, 4) is 0 Å². The summed E-state index contributed by atoms with van der Waals surface area (Å²) in [6.45, 7) is 4.05. The fourth-order valence-electron chi connectivity index (χ4n) is 5.39. The quantitative estimate of drug-likeness (QED) is 0.773. The van der Waals surface area contributed by atoms with Gasteiger partial charge in [0.2, 0.25) is 5.91 Å². The van der Waals surface area contributed by atoms with Crippen molar-refractivity contribution in [1.82, 2.24) is 4.90 Å². The summed E-state index contributed by atoms with van der Waals surface area (Å²) in [5, 5.41) is 0. The van der Waals surface area contributed by atoms with Crippen molar-refractivity contribution in [3.63, 3.8) is 0 Å². The Bertz CT molecular complexity index is 655. The first-order valence-corrected chi connectivity index (χ1v) is 10.5. The number of halogens is 2. The zero-order chi connectivity index (χ0) is 18.8. The lowest BCUT2D eigenvalue weighted by molar-refractivity contribution is -0.137. The molecule has 2 saturated carbocycles. The lowest BCUT2D eigenvalue weighted by Gasteiger charge is -2.44. The highest BCUT2D eigenvalue weighted by Crippen LogP contribution is 2.42. The van der Waals surface area contributed by atoms with Crippen molar-refractivity contribution in [2.75, 3.05) is 38.3 Å². The molecule has 164 valence electrons. The summed E-state index contributed by atoms with van der Waals surface area (Å²) in [7, 11) is 1.96. The smallest absolute Gasteiger partial charge is 0.225 e. The molecule has 4 rings (SSSR count). The SMILES string of the molecule is CN(Cc1ccccc1N1CCOCC1)C(=O)C1CC2CCCC(C1)C2N.Cl.Cl. The van der Waals surface area contributed by atoms with Gasteiger partial charge in [0, 0.05) is 44.3 Å². The molecule has 0 aromatic heterocycles. The number of rotatable bonds is 4. The van der Waals surface area contributed by atoms with Gasteiger partial charge in [-0.1, -0.05) is 24.6 Å². The van der Waals surface area contributed by atoms with Crippen molar-refractivity contribution in [3.05, 3.63) is 29.8 Å². The number of nitrogens with zero attached hydrogens (tertiary/aromatic N) is 2. The first-order valence-electron chi connectivity index (χ1n) is 10.5. The van der Waals surface area contributed by atoms with Crippen LogP contribution in [0.15, 0.2) is 24.3 Å². The molecule has 1 aliphatic heterocycles. The summed E-state index contributed by atoms with van der Waals surface area (Å²) in [6, 6.07) is 8.79. The molecule has 2 bridgehead atoms. The Morgan fingerprint density at radius 1 is 1.14 bits per heavy atom. The number of para-hydroxylation sites is 1. The van der Waals surface area contributed by atoms with E-state index in [0.717, 1.165) is 39.1 Å². The van der Waals surface area contributed by atoms with Crippen LogP contribution in [0, 0.1) is 17.8 Å². The second-order valence-corrected chi connectivity index (χ2v) is 8.62. The predicted molar refractivity (Wildman–Crippen MR) is 122 cm³/mol. The summed E-state index contributed by atoms with van der Waals surface area (Å²) >= 11 is 0. The number of carbonyl (C=O) groups is 1. The molecule has 3 aliphatic rings. The number of hydrogen-bond donors (Lipinski definition) is 1. The van der Waals surface area contributed by atoms with Crippen LogP contribution in [0.5, 0.6) is 0 Å². The number of nitrogens with two attached hydrogens (primary N) is 1. The van der Waals surface area contributed by atoms with Crippen LogP contribution in [0.25, 0.3) is 0 Å². The normalized spacial score (nSPS) is 28.7. The molecule has 7 heteroatoms. The van der Waals surface area contributed by atoms with Crippen LogP contribution in [0.2, 0.25) is 0 Å². The largest absolute Gasteiger partial charge is 0.378 e. The van der Waals surface area contributed by atoms with E-state index < -0.39 is 0 Å². The molecule has 1 aromatic rings. The lowest BCUT2D eigenvalue weighted by atomic mass is 9.65. The van der Waals surface area contributed by atoms with E-state index in [1.54, 1.807) is 0 Å². The molecule has 2 N–H and O–H groups in total. The minimum atomic E-state index is 0. The molecule has 29 heavy (non-hydrogen) atoms. The number of carbonyl (C=O) groups excluding carboxylic acids is 1. The Labute approximate surface area is 187 Å². The van der Waals surface area contributed by atoms with E-state index in [4.69, 9.17) is 10.5 Å². The number of fused-ring (bicyclic) bond motifs is 2. The molecule has 0 radical (unpaired) electrons. The highest BCUT2D eigenvalue weighted by Gasteiger charge is 2.41. The van der Waals surface area contributed by atoms with Crippen LogP contribution in [-0.2, 0) is 16.1 Å². The van der Waals surface area contributed by atoms with E-state index in [1.807, 2.05) is 11.9 Å². The van der Waals surface area contributed by atoms with Gasteiger partial charge in [-0.25, -0.2) is 0 Å². The van der Waals surface area contributed by atoms with Crippen LogP contribution in [-0.4, -0.2) is 50.2 Å². The van der Waals surface area contributed by atoms with E-state index >= 15 is 0 Å². The van der Waals surface area contributed by atoms with Crippen molar-refractivity contribution in [2.45, 2.75) is 44.7 Å². The van der Waals surface area contributed by atoms with Crippen molar-refractivity contribution >= 4 is 36.4 Å². The molecule has 3 fully saturated rings. The summed E-state index contributed by atoms with van der Waals surface area (Å²) < 4.78 is 5.49. The fraction of sp³-hybridized carbons (Fsp3) is 0.682. The second-order valence-electron chi connectivity index (χ2n) is 8.62. The molecule has 1 heterocycles. The monoisotopic (exact) mass is 443 g/mol. The zero-order valence-electron chi connectivity index (χ0n) is 17.3. The Morgan fingerprint density at radius 3 is 2.41 bits per heavy atom. The van der Waals surface area contributed by atoms with Gasteiger partial charge in [-0.05, 0) is 49.1 Å². The molecule has 0 spiro atoms. The van der Waals surface area contributed by atoms with Crippen LogP contribution < -0.4 is 10.6 Å². The highest BCUT2D eigenvalue weighted by molar-refractivity contribution is 5.85. The van der Waals surface area contributed by atoms with Gasteiger partial charge in [-0.15, -0.1) is 24.8 Å². The highest BCUT2D eigenvalue weighted by atomic mass is 35.5. The average molecular weight is 444 g/mol. The minimum Gasteiger partial charge on any atom is -0.378 e. The molecule has 1 amide bonds. The third kappa shape index (κ3) is 5.38. The molecular weight excluding hydrogens is 409 g/mol. The van der Waals surface area contributed by atoms with Crippen LogP contribution in [0.1, 0.15) is 37.7 Å². The van der Waals surface area contributed by atoms with Crippen LogP contribution in [0.4, 0.5) is 5.69 Å². The van der Waals surface area contributed by atoms with Gasteiger partial charge < -0.3 is 20.3 Å². The third-order valence-electron chi connectivity index (χ3n) is 6.89. The summed E-state index contributed by atoms with van der Waals surface area (Å²) in [6.07, 6.45) is 5.64. The van der Waals surface area contributed by atoms with Gasteiger partial charge in [0.15, 0.2) is 0 Å². The topological polar surface area (TPSA) is 58.8 Å². The van der Waals surface area contributed by atoms with Crippen molar-refractivity contribution in [2.24, 2.45) is 23.5 Å². The number of benzene rings is 1. The minimum absolute atomic E-state index is 0. The van der Waals surface area contributed by atoms with E-state index in [1.165, 1.54) is 30.5 Å². The fourth-order valence-corrected chi connectivity index (χ4v) is 5.39. The average Bonchev–Trinajstić information content (AvgIpc) is 2.68. The lowest BCUT2D eigenvalue weighted by Crippen LogP contribution is -2.49. The Morgan fingerprint density at radius 2 is 1.76 bits per heavy atom. The summed E-state index contributed by atoms with van der Waals surface area (Å²) in [4.78, 5) is 17.5. The van der Waals surface area contributed by atoms with Gasteiger partial charge in [-0.3, -0.25) is 4.79 Å². The van der Waals surface area contributed by atoms with E-state index in [-0.39, 0.29) is 30.7 Å². The summed E-state index contributed by atoms with van der Waals surface area (Å²) in [5.41, 5.74) is 8.87. The number of ether oxygens (including phenoxy) is 1. The first-order chi connectivity index (χ1) is 13.1. The van der Waals surface area contributed by atoms with E-state index in [2.05, 4.69) is 29.2 Å². The van der Waals surface area contributed by atoms with Crippen LogP contribution >= 0.6 is 24.8 Å². The molecule has 2 aliphatic carbocycles. The predicted octanol–water partition coefficient (Wildman–Crippen LogP) is 3.48. The molecular formula is C22H35Cl2N3O2. The van der Waals surface area contributed by atoms with Gasteiger partial charge in [-0.2, -0.15) is 0 Å². The molecule has 1 saturated heterocycles. The van der Waals surface area contributed by atoms with E-state index in [9.17, 15) is 4.79 Å². The number of hydrogen-bond acceptors (Lipinski definition) is 4. The van der Waals surface area contributed by atoms with Gasteiger partial charge >= 0.3 is 0 Å². The standard InChI is InChI=1S/C22H33N3O2.2ClH/c1-24(22(26)19-13-16-6-4-7-17(14-19)21(16)23)15-18-5-2-3-8-20(18)25-9-11-27-12-10-25;;/h2-3,5,8,16-17,19,21H,4,6-7,9-15,23H2,1H3;2*1H. The first kappa shape index (κ1) is 24.3. The third-order valence-corrected chi connectivity index (χ3v) is 6.89. The van der Waals surface area contributed by atoms with Crippen molar-refractivity contribution < 1.29 is 9.53 Å². The van der Waals surface area contributed by atoms with Gasteiger partial charge in [0.25, 0.3) is 0 Å². The second kappa shape index (κ2) is 10.9. The van der Waals surface area contributed by atoms with Gasteiger partial charge in [0.1, 0.15) is 0 Å². The van der Waals surface area contributed by atoms with E-state index in [0.29, 0.717) is 30.3 Å². The molecule has 2 unspecified atom stereocenters. The molecule has 2 atom stereocenters. The zero-order valence-corrected chi connectivity index (χ0v) is 18.9. The maximum atomic E-state index is 13.2. The molecule has 5 nitrogen and oxygen atoms in total. The molecule has 1 aromatic carbocycles. The van der Waals surface area contributed by atoms with Crippen LogP contribution in [0.3, 0.4) is 0 Å². The summed E-state index contributed by atoms with van der Waals surface area (Å²) in [5.74, 6) is 1.54. The number of amides is 1.